The molecule has 0 amide bonds. The molecular formula is C13H21N3O. The molecule has 1 fully saturated rings. The average Bonchev–Trinajstić information content (AvgIpc) is 2.83. The molecule has 1 aliphatic heterocycles. The first-order valence-electron chi connectivity index (χ1n) is 6.27. The van der Waals surface area contributed by atoms with Gasteiger partial charge in [0.05, 0.1) is 6.10 Å². The van der Waals surface area contributed by atoms with E-state index in [1.165, 1.54) is 12.0 Å². The second-order valence-corrected chi connectivity index (χ2v) is 4.58. The van der Waals surface area contributed by atoms with E-state index in [-0.39, 0.29) is 0 Å². The smallest absolute Gasteiger partial charge is 0.128 e. The molecule has 0 spiro atoms. The van der Waals surface area contributed by atoms with E-state index in [1.54, 1.807) is 0 Å². The van der Waals surface area contributed by atoms with Crippen molar-refractivity contribution in [3.05, 3.63) is 23.9 Å². The second-order valence-electron chi connectivity index (χ2n) is 4.58. The van der Waals surface area contributed by atoms with Crippen LogP contribution in [0.3, 0.4) is 0 Å². The SMILES string of the molecule is CN(CC1CCCO1)c1ccc(CCN)cn1. The predicted octanol–water partition coefficient (Wildman–Crippen LogP) is 1.20. The van der Waals surface area contributed by atoms with Gasteiger partial charge < -0.3 is 15.4 Å². The van der Waals surface area contributed by atoms with E-state index in [4.69, 9.17) is 10.5 Å². The summed E-state index contributed by atoms with van der Waals surface area (Å²) in [6.45, 7) is 2.50. The van der Waals surface area contributed by atoms with Gasteiger partial charge in [-0.2, -0.15) is 0 Å². The number of anilines is 1. The molecule has 1 aromatic rings. The van der Waals surface area contributed by atoms with Gasteiger partial charge in [0.25, 0.3) is 0 Å². The lowest BCUT2D eigenvalue weighted by Gasteiger charge is -2.21. The molecule has 1 unspecified atom stereocenters. The molecule has 0 aliphatic carbocycles. The molecule has 4 nitrogen and oxygen atoms in total. The zero-order valence-electron chi connectivity index (χ0n) is 10.4. The van der Waals surface area contributed by atoms with Crippen molar-refractivity contribution >= 4 is 5.82 Å². The van der Waals surface area contributed by atoms with Crippen molar-refractivity contribution in [1.82, 2.24) is 4.98 Å². The fourth-order valence-electron chi connectivity index (χ4n) is 2.14. The normalized spacial score (nSPS) is 19.5. The van der Waals surface area contributed by atoms with Crippen LogP contribution in [0.25, 0.3) is 0 Å². The third-order valence-corrected chi connectivity index (χ3v) is 3.13. The van der Waals surface area contributed by atoms with E-state index < -0.39 is 0 Å². The van der Waals surface area contributed by atoms with Gasteiger partial charge in [-0.05, 0) is 37.4 Å². The lowest BCUT2D eigenvalue weighted by atomic mass is 10.2. The van der Waals surface area contributed by atoms with Gasteiger partial charge in [-0.25, -0.2) is 4.98 Å². The number of hydrogen-bond acceptors (Lipinski definition) is 4. The van der Waals surface area contributed by atoms with Crippen LogP contribution in [0.2, 0.25) is 0 Å². The molecule has 0 saturated carbocycles. The number of hydrogen-bond donors (Lipinski definition) is 1. The quantitative estimate of drug-likeness (QED) is 0.833. The van der Waals surface area contributed by atoms with E-state index in [0.717, 1.165) is 31.8 Å². The van der Waals surface area contributed by atoms with Crippen molar-refractivity contribution in [2.75, 3.05) is 31.6 Å². The minimum atomic E-state index is 0.366. The number of rotatable bonds is 5. The van der Waals surface area contributed by atoms with E-state index in [9.17, 15) is 0 Å². The van der Waals surface area contributed by atoms with Crippen LogP contribution in [0.4, 0.5) is 5.82 Å². The predicted molar refractivity (Wildman–Crippen MR) is 69.2 cm³/mol. The minimum Gasteiger partial charge on any atom is -0.376 e. The molecule has 0 bridgehead atoms. The second kappa shape index (κ2) is 5.98. The van der Waals surface area contributed by atoms with Crippen molar-refractivity contribution in [3.8, 4) is 0 Å². The average molecular weight is 235 g/mol. The lowest BCUT2D eigenvalue weighted by Crippen LogP contribution is -2.29. The van der Waals surface area contributed by atoms with Crippen LogP contribution in [0.15, 0.2) is 18.3 Å². The highest BCUT2D eigenvalue weighted by atomic mass is 16.5. The Morgan fingerprint density at radius 2 is 2.41 bits per heavy atom. The molecule has 2 N–H and O–H groups in total. The summed E-state index contributed by atoms with van der Waals surface area (Å²) in [5, 5.41) is 0. The zero-order chi connectivity index (χ0) is 12.1. The fraction of sp³-hybridized carbons (Fsp3) is 0.615. The Balaban J connectivity index is 1.91. The van der Waals surface area contributed by atoms with Crippen LogP contribution in [-0.4, -0.2) is 37.8 Å². The number of pyridine rings is 1. The van der Waals surface area contributed by atoms with Gasteiger partial charge in [0.1, 0.15) is 5.82 Å². The molecule has 2 heterocycles. The van der Waals surface area contributed by atoms with Crippen molar-refractivity contribution in [2.24, 2.45) is 5.73 Å². The van der Waals surface area contributed by atoms with Gasteiger partial charge in [-0.1, -0.05) is 6.07 Å². The van der Waals surface area contributed by atoms with Gasteiger partial charge >= 0.3 is 0 Å². The summed E-state index contributed by atoms with van der Waals surface area (Å²) >= 11 is 0. The minimum absolute atomic E-state index is 0.366. The van der Waals surface area contributed by atoms with Crippen LogP contribution in [0.5, 0.6) is 0 Å². The summed E-state index contributed by atoms with van der Waals surface area (Å²) < 4.78 is 5.62. The standard InChI is InChI=1S/C13H21N3O/c1-16(10-12-3-2-8-17-12)13-5-4-11(6-7-14)9-15-13/h4-5,9,12H,2-3,6-8,10,14H2,1H3. The highest BCUT2D eigenvalue weighted by Gasteiger charge is 2.17. The third-order valence-electron chi connectivity index (χ3n) is 3.13. The molecular weight excluding hydrogens is 214 g/mol. The maximum absolute atomic E-state index is 5.62. The number of aromatic nitrogens is 1. The van der Waals surface area contributed by atoms with Crippen molar-refractivity contribution in [1.29, 1.82) is 0 Å². The van der Waals surface area contributed by atoms with Crippen LogP contribution in [0.1, 0.15) is 18.4 Å². The Hall–Kier alpha value is -1.13. The number of likely N-dealkylation sites (N-methyl/N-ethyl adjacent to an activating group) is 1. The van der Waals surface area contributed by atoms with Crippen LogP contribution >= 0.6 is 0 Å². The topological polar surface area (TPSA) is 51.4 Å². The van der Waals surface area contributed by atoms with E-state index in [0.29, 0.717) is 12.6 Å². The molecule has 1 atom stereocenters. The summed E-state index contributed by atoms with van der Waals surface area (Å²) in [4.78, 5) is 6.61. The molecule has 2 rings (SSSR count). The highest BCUT2D eigenvalue weighted by Crippen LogP contribution is 2.16. The maximum Gasteiger partial charge on any atom is 0.128 e. The first kappa shape index (κ1) is 12.3. The fourth-order valence-corrected chi connectivity index (χ4v) is 2.14. The Bertz CT molecular complexity index is 333. The van der Waals surface area contributed by atoms with E-state index in [2.05, 4.69) is 29.1 Å². The van der Waals surface area contributed by atoms with Crippen LogP contribution in [-0.2, 0) is 11.2 Å². The van der Waals surface area contributed by atoms with Crippen LogP contribution < -0.4 is 10.6 Å². The molecule has 17 heavy (non-hydrogen) atoms. The first-order valence-corrected chi connectivity index (χ1v) is 6.27. The largest absolute Gasteiger partial charge is 0.376 e. The Morgan fingerprint density at radius 3 is 3.00 bits per heavy atom. The van der Waals surface area contributed by atoms with E-state index in [1.807, 2.05) is 6.20 Å². The molecule has 1 aliphatic rings. The molecule has 4 heteroatoms. The van der Waals surface area contributed by atoms with Crippen molar-refractivity contribution < 1.29 is 4.74 Å². The van der Waals surface area contributed by atoms with Crippen molar-refractivity contribution in [2.45, 2.75) is 25.4 Å². The number of ether oxygens (including phenoxy) is 1. The molecule has 0 aromatic carbocycles. The van der Waals surface area contributed by atoms with E-state index >= 15 is 0 Å². The lowest BCUT2D eigenvalue weighted by molar-refractivity contribution is 0.116. The van der Waals surface area contributed by atoms with Gasteiger partial charge in [-0.3, -0.25) is 0 Å². The molecule has 1 aromatic heterocycles. The maximum atomic E-state index is 5.62. The Morgan fingerprint density at radius 1 is 1.53 bits per heavy atom. The van der Waals surface area contributed by atoms with Crippen LogP contribution in [0, 0.1) is 0 Å². The summed E-state index contributed by atoms with van der Waals surface area (Å²) in [5.74, 6) is 1.00. The van der Waals surface area contributed by atoms with Gasteiger partial charge in [0.15, 0.2) is 0 Å². The third kappa shape index (κ3) is 3.41. The van der Waals surface area contributed by atoms with Crippen molar-refractivity contribution in [3.63, 3.8) is 0 Å². The number of nitrogens with two attached hydrogens (primary N) is 1. The summed E-state index contributed by atoms with van der Waals surface area (Å²) in [5.41, 5.74) is 6.71. The Kier molecular flexibility index (Phi) is 4.34. The van der Waals surface area contributed by atoms with Gasteiger partial charge in [0.2, 0.25) is 0 Å². The van der Waals surface area contributed by atoms with Gasteiger partial charge in [-0.15, -0.1) is 0 Å². The molecule has 1 saturated heterocycles. The number of nitrogens with zero attached hydrogens (tertiary/aromatic N) is 2. The summed E-state index contributed by atoms with van der Waals surface area (Å²) in [7, 11) is 2.06. The van der Waals surface area contributed by atoms with Gasteiger partial charge in [0, 0.05) is 26.4 Å². The highest BCUT2D eigenvalue weighted by molar-refractivity contribution is 5.38. The first-order chi connectivity index (χ1) is 8.29. The Labute approximate surface area is 103 Å². The summed E-state index contributed by atoms with van der Waals surface area (Å²) in [6.07, 6.45) is 5.51. The zero-order valence-corrected chi connectivity index (χ0v) is 10.4. The molecule has 0 radical (unpaired) electrons. The summed E-state index contributed by atoms with van der Waals surface area (Å²) in [6, 6.07) is 4.15. The monoisotopic (exact) mass is 235 g/mol. The molecule has 94 valence electrons.